The topological polar surface area (TPSA) is 61.6 Å². The predicted molar refractivity (Wildman–Crippen MR) is 121 cm³/mol. The number of unbranched alkanes of at least 4 members (excludes halogenated alkanes) is 1. The van der Waals surface area contributed by atoms with Crippen molar-refractivity contribution in [1.82, 2.24) is 25.0 Å². The van der Waals surface area contributed by atoms with Crippen LogP contribution in [0, 0.1) is 6.92 Å². The molecule has 0 radical (unpaired) electrons. The third kappa shape index (κ3) is 6.37. The molecular formula is C19H30IN7. The van der Waals surface area contributed by atoms with Gasteiger partial charge in [0.05, 0.1) is 0 Å². The number of hydrogen-bond acceptors (Lipinski definition) is 4. The summed E-state index contributed by atoms with van der Waals surface area (Å²) in [5.74, 6) is 1.01. The highest BCUT2D eigenvalue weighted by atomic mass is 127. The van der Waals surface area contributed by atoms with Crippen LogP contribution in [0.2, 0.25) is 0 Å². The second-order valence-electron chi connectivity index (χ2n) is 6.69. The lowest BCUT2D eigenvalue weighted by molar-refractivity contribution is 0.372. The zero-order chi connectivity index (χ0) is 18.2. The second kappa shape index (κ2) is 11.1. The van der Waals surface area contributed by atoms with Gasteiger partial charge in [0.25, 0.3) is 0 Å². The number of nitrogens with zero attached hydrogens (tertiary/aromatic N) is 6. The normalized spacial score (nSPS) is 14.8. The molecule has 2 aromatic rings. The number of nitrogens with one attached hydrogen (secondary N) is 1. The van der Waals surface area contributed by atoms with Gasteiger partial charge in [-0.1, -0.05) is 12.1 Å². The van der Waals surface area contributed by atoms with Crippen molar-refractivity contribution in [3.8, 4) is 0 Å². The van der Waals surface area contributed by atoms with Gasteiger partial charge in [0.1, 0.15) is 12.7 Å². The summed E-state index contributed by atoms with van der Waals surface area (Å²) in [4.78, 5) is 9.27. The van der Waals surface area contributed by atoms with Gasteiger partial charge in [-0.2, -0.15) is 0 Å². The quantitative estimate of drug-likeness (QED) is 0.296. The number of rotatable bonds is 6. The summed E-state index contributed by atoms with van der Waals surface area (Å²) in [5.41, 5.74) is 2.63. The van der Waals surface area contributed by atoms with Crippen molar-refractivity contribution >= 4 is 35.6 Å². The summed E-state index contributed by atoms with van der Waals surface area (Å²) in [5, 5.41) is 11.1. The van der Waals surface area contributed by atoms with Crippen molar-refractivity contribution in [1.29, 1.82) is 0 Å². The molecule has 0 aliphatic carbocycles. The fourth-order valence-corrected chi connectivity index (χ4v) is 3.29. The molecule has 1 aromatic heterocycles. The number of aromatic nitrogens is 3. The van der Waals surface area contributed by atoms with E-state index in [0.29, 0.717) is 0 Å². The third-order valence-electron chi connectivity index (χ3n) is 4.75. The summed E-state index contributed by atoms with van der Waals surface area (Å²) in [6, 6.07) is 8.75. The Bertz CT molecular complexity index is 694. The van der Waals surface area contributed by atoms with E-state index in [0.717, 1.165) is 58.1 Å². The highest BCUT2D eigenvalue weighted by molar-refractivity contribution is 14.0. The molecule has 2 heterocycles. The molecule has 0 atom stereocenters. The Morgan fingerprint density at radius 3 is 2.52 bits per heavy atom. The van der Waals surface area contributed by atoms with E-state index in [1.807, 2.05) is 11.6 Å². The number of aryl methyl sites for hydroxylation is 2. The van der Waals surface area contributed by atoms with Gasteiger partial charge < -0.3 is 19.7 Å². The fourth-order valence-electron chi connectivity index (χ4n) is 3.29. The van der Waals surface area contributed by atoms with E-state index in [1.165, 1.54) is 11.3 Å². The minimum Gasteiger partial charge on any atom is -0.368 e. The monoisotopic (exact) mass is 483 g/mol. The van der Waals surface area contributed by atoms with Gasteiger partial charge in [0, 0.05) is 52.0 Å². The van der Waals surface area contributed by atoms with Crippen LogP contribution in [-0.2, 0) is 6.54 Å². The van der Waals surface area contributed by atoms with Crippen LogP contribution in [0.3, 0.4) is 0 Å². The van der Waals surface area contributed by atoms with Crippen LogP contribution in [0.15, 0.2) is 41.9 Å². The highest BCUT2D eigenvalue weighted by Gasteiger charge is 2.19. The summed E-state index contributed by atoms with van der Waals surface area (Å²) in [6.45, 7) is 8.09. The second-order valence-corrected chi connectivity index (χ2v) is 6.69. The third-order valence-corrected chi connectivity index (χ3v) is 4.75. The molecule has 0 spiro atoms. The van der Waals surface area contributed by atoms with E-state index in [-0.39, 0.29) is 24.0 Å². The van der Waals surface area contributed by atoms with Gasteiger partial charge in [-0.05, 0) is 37.5 Å². The largest absolute Gasteiger partial charge is 0.368 e. The minimum atomic E-state index is 0. The SMILES string of the molecule is CN=C(NCCCCn1cnnc1)N1CCN(c2cccc(C)c2)CC1.I. The Kier molecular flexibility index (Phi) is 8.83. The Balaban J connectivity index is 0.00000261. The molecule has 148 valence electrons. The Labute approximate surface area is 178 Å². The zero-order valence-corrected chi connectivity index (χ0v) is 18.5. The van der Waals surface area contributed by atoms with Crippen molar-refractivity contribution in [2.75, 3.05) is 44.7 Å². The number of anilines is 1. The standard InChI is InChI=1S/C19H29N7.HI/c1-17-6-5-7-18(14-17)25-10-12-26(13-11-25)19(20-2)21-8-3-4-9-24-15-22-23-16-24;/h5-7,14-16H,3-4,8-13H2,1-2H3,(H,20,21);1H. The average Bonchev–Trinajstić information content (AvgIpc) is 3.18. The first kappa shape index (κ1) is 21.5. The molecule has 1 N–H and O–H groups in total. The zero-order valence-electron chi connectivity index (χ0n) is 16.2. The number of halogens is 1. The van der Waals surface area contributed by atoms with E-state index >= 15 is 0 Å². The maximum absolute atomic E-state index is 4.46. The van der Waals surface area contributed by atoms with Crippen LogP contribution >= 0.6 is 24.0 Å². The number of piperazine rings is 1. The summed E-state index contributed by atoms with van der Waals surface area (Å²) >= 11 is 0. The van der Waals surface area contributed by atoms with Gasteiger partial charge >= 0.3 is 0 Å². The van der Waals surface area contributed by atoms with Crippen molar-refractivity contribution in [3.63, 3.8) is 0 Å². The summed E-state index contributed by atoms with van der Waals surface area (Å²) in [7, 11) is 1.87. The fraction of sp³-hybridized carbons (Fsp3) is 0.526. The number of benzene rings is 1. The lowest BCUT2D eigenvalue weighted by Gasteiger charge is -2.37. The van der Waals surface area contributed by atoms with Crippen LogP contribution < -0.4 is 10.2 Å². The molecule has 8 heteroatoms. The van der Waals surface area contributed by atoms with Crippen molar-refractivity contribution in [2.45, 2.75) is 26.3 Å². The molecule has 27 heavy (non-hydrogen) atoms. The Morgan fingerprint density at radius 2 is 1.85 bits per heavy atom. The van der Waals surface area contributed by atoms with Crippen molar-refractivity contribution < 1.29 is 0 Å². The van der Waals surface area contributed by atoms with E-state index in [2.05, 4.69) is 61.5 Å². The molecule has 1 aliphatic rings. The van der Waals surface area contributed by atoms with Crippen LogP contribution in [0.5, 0.6) is 0 Å². The first-order valence-electron chi connectivity index (χ1n) is 9.36. The molecule has 0 unspecified atom stereocenters. The lowest BCUT2D eigenvalue weighted by atomic mass is 10.2. The van der Waals surface area contributed by atoms with Gasteiger partial charge in [0.2, 0.25) is 0 Å². The summed E-state index contributed by atoms with van der Waals surface area (Å²) < 4.78 is 2.01. The van der Waals surface area contributed by atoms with Gasteiger partial charge in [-0.15, -0.1) is 34.2 Å². The maximum Gasteiger partial charge on any atom is 0.193 e. The lowest BCUT2D eigenvalue weighted by Crippen LogP contribution is -2.52. The molecular weight excluding hydrogens is 453 g/mol. The van der Waals surface area contributed by atoms with Crippen molar-refractivity contribution in [3.05, 3.63) is 42.5 Å². The Morgan fingerprint density at radius 1 is 1.11 bits per heavy atom. The van der Waals surface area contributed by atoms with E-state index in [1.54, 1.807) is 12.7 Å². The molecule has 1 fully saturated rings. The first-order chi connectivity index (χ1) is 12.8. The van der Waals surface area contributed by atoms with Crippen LogP contribution in [0.25, 0.3) is 0 Å². The molecule has 0 saturated carbocycles. The van der Waals surface area contributed by atoms with Crippen LogP contribution in [0.1, 0.15) is 18.4 Å². The molecule has 7 nitrogen and oxygen atoms in total. The minimum absolute atomic E-state index is 0. The van der Waals surface area contributed by atoms with Crippen LogP contribution in [0.4, 0.5) is 5.69 Å². The Hall–Kier alpha value is -1.84. The molecule has 0 bridgehead atoms. The van der Waals surface area contributed by atoms with Gasteiger partial charge in [-0.3, -0.25) is 4.99 Å². The molecule has 1 saturated heterocycles. The predicted octanol–water partition coefficient (Wildman–Crippen LogP) is 2.38. The van der Waals surface area contributed by atoms with E-state index < -0.39 is 0 Å². The number of hydrogen-bond donors (Lipinski definition) is 1. The van der Waals surface area contributed by atoms with Gasteiger partial charge in [-0.25, -0.2) is 0 Å². The van der Waals surface area contributed by atoms with Crippen molar-refractivity contribution in [2.24, 2.45) is 4.99 Å². The van der Waals surface area contributed by atoms with Gasteiger partial charge in [0.15, 0.2) is 5.96 Å². The smallest absolute Gasteiger partial charge is 0.193 e. The highest BCUT2D eigenvalue weighted by Crippen LogP contribution is 2.17. The molecule has 3 rings (SSSR count). The average molecular weight is 483 g/mol. The van der Waals surface area contributed by atoms with E-state index in [4.69, 9.17) is 0 Å². The number of aliphatic imine (C=N–C) groups is 1. The number of guanidine groups is 1. The molecule has 1 aliphatic heterocycles. The van der Waals surface area contributed by atoms with Crippen LogP contribution in [-0.4, -0.2) is 65.4 Å². The summed E-state index contributed by atoms with van der Waals surface area (Å²) in [6.07, 6.45) is 5.73. The molecule has 0 amide bonds. The maximum atomic E-state index is 4.46. The molecule has 1 aromatic carbocycles. The first-order valence-corrected chi connectivity index (χ1v) is 9.36. The van der Waals surface area contributed by atoms with E-state index in [9.17, 15) is 0 Å².